The predicted octanol–water partition coefficient (Wildman–Crippen LogP) is 8.26. The maximum atomic E-state index is 6.22. The van der Waals surface area contributed by atoms with Gasteiger partial charge in [0.2, 0.25) is 0 Å². The van der Waals surface area contributed by atoms with Gasteiger partial charge in [-0.05, 0) is 48.0 Å². The molecule has 8 heteroatoms. The van der Waals surface area contributed by atoms with Crippen LogP contribution in [0.25, 0.3) is 0 Å². The summed E-state index contributed by atoms with van der Waals surface area (Å²) in [7, 11) is 1.60. The molecule has 3 aromatic carbocycles. The topological polar surface area (TPSA) is 30.5 Å². The van der Waals surface area contributed by atoms with E-state index < -0.39 is 0 Å². The molecule has 0 aromatic heterocycles. The van der Waals surface area contributed by atoms with E-state index >= 15 is 0 Å². The highest BCUT2D eigenvalue weighted by Crippen LogP contribution is 2.35. The zero-order valence-electron chi connectivity index (χ0n) is 15.2. The van der Waals surface area contributed by atoms with Crippen molar-refractivity contribution in [3.8, 4) is 11.5 Å². The van der Waals surface area contributed by atoms with Crippen LogP contribution < -0.4 is 14.8 Å². The summed E-state index contributed by atoms with van der Waals surface area (Å²) in [5, 5.41) is 5.57. The molecule has 0 bridgehead atoms. The zero-order chi connectivity index (χ0) is 21.0. The lowest BCUT2D eigenvalue weighted by Crippen LogP contribution is -2.03. The van der Waals surface area contributed by atoms with Crippen LogP contribution in [0.4, 0.5) is 5.69 Å². The van der Waals surface area contributed by atoms with Crippen LogP contribution in [0, 0.1) is 0 Å². The molecule has 0 atom stereocenters. The summed E-state index contributed by atoms with van der Waals surface area (Å²) >= 11 is 27.8. The molecule has 0 radical (unpaired) electrons. The molecule has 0 saturated carbocycles. The molecule has 29 heavy (non-hydrogen) atoms. The highest BCUT2D eigenvalue weighted by atomic mass is 79.9. The standard InChI is InChI=1S/C21H16BrCl4NO2/c1-28-20-4-13(10-27-17-6-15(24)5-16(25)7-17)18(22)9-21(20)29-11-12-2-3-14(23)8-19(12)26/h2-9,27H,10-11H2,1H3. The number of hydrogen-bond donors (Lipinski definition) is 1. The van der Waals surface area contributed by atoms with E-state index in [4.69, 9.17) is 55.9 Å². The van der Waals surface area contributed by atoms with E-state index in [9.17, 15) is 0 Å². The van der Waals surface area contributed by atoms with Crippen molar-refractivity contribution < 1.29 is 9.47 Å². The molecule has 0 aliphatic carbocycles. The Kier molecular flexibility index (Phi) is 7.83. The minimum Gasteiger partial charge on any atom is -0.493 e. The van der Waals surface area contributed by atoms with E-state index in [0.717, 1.165) is 21.3 Å². The smallest absolute Gasteiger partial charge is 0.162 e. The van der Waals surface area contributed by atoms with Gasteiger partial charge in [0.1, 0.15) is 6.61 Å². The molecule has 1 N–H and O–H groups in total. The van der Waals surface area contributed by atoms with Crippen LogP contribution in [0.5, 0.6) is 11.5 Å². The molecule has 3 aromatic rings. The van der Waals surface area contributed by atoms with Crippen molar-refractivity contribution >= 4 is 68.0 Å². The summed E-state index contributed by atoms with van der Waals surface area (Å²) in [4.78, 5) is 0. The molecule has 0 aliphatic rings. The molecule has 0 aliphatic heterocycles. The monoisotopic (exact) mass is 533 g/mol. The van der Waals surface area contributed by atoms with Gasteiger partial charge < -0.3 is 14.8 Å². The number of rotatable bonds is 7. The van der Waals surface area contributed by atoms with Crippen molar-refractivity contribution in [3.63, 3.8) is 0 Å². The number of benzene rings is 3. The first-order chi connectivity index (χ1) is 13.9. The Balaban J connectivity index is 1.74. The van der Waals surface area contributed by atoms with E-state index in [1.807, 2.05) is 30.3 Å². The maximum absolute atomic E-state index is 6.22. The maximum Gasteiger partial charge on any atom is 0.162 e. The Hall–Kier alpha value is -1.30. The molecule has 0 heterocycles. The molecule has 0 spiro atoms. The quantitative estimate of drug-likeness (QED) is 0.330. The third kappa shape index (κ3) is 6.09. The van der Waals surface area contributed by atoms with Crippen molar-refractivity contribution in [3.05, 3.63) is 84.2 Å². The fourth-order valence-corrected chi connectivity index (χ4v) is 4.08. The number of halogens is 5. The van der Waals surface area contributed by atoms with Crippen molar-refractivity contribution in [2.75, 3.05) is 12.4 Å². The number of ether oxygens (including phenoxy) is 2. The van der Waals surface area contributed by atoms with Crippen LogP contribution in [-0.2, 0) is 13.2 Å². The molecule has 3 nitrogen and oxygen atoms in total. The summed E-state index contributed by atoms with van der Waals surface area (Å²) in [6.45, 7) is 0.828. The fraction of sp³-hybridized carbons (Fsp3) is 0.143. The minimum absolute atomic E-state index is 0.289. The normalized spacial score (nSPS) is 10.7. The van der Waals surface area contributed by atoms with Gasteiger partial charge in [0.15, 0.2) is 11.5 Å². The number of hydrogen-bond acceptors (Lipinski definition) is 3. The summed E-state index contributed by atoms with van der Waals surface area (Å²) in [6, 6.07) is 14.4. The van der Waals surface area contributed by atoms with Crippen LogP contribution in [0.15, 0.2) is 53.0 Å². The van der Waals surface area contributed by atoms with Crippen molar-refractivity contribution in [2.45, 2.75) is 13.2 Å². The van der Waals surface area contributed by atoms with Crippen LogP contribution >= 0.6 is 62.3 Å². The number of methoxy groups -OCH3 is 1. The average Bonchev–Trinajstić information content (AvgIpc) is 2.65. The lowest BCUT2D eigenvalue weighted by molar-refractivity contribution is 0.284. The minimum atomic E-state index is 0.289. The van der Waals surface area contributed by atoms with Gasteiger partial charge in [0, 0.05) is 42.4 Å². The third-order valence-electron chi connectivity index (χ3n) is 4.08. The second kappa shape index (κ2) is 10.1. The van der Waals surface area contributed by atoms with Gasteiger partial charge in [-0.1, -0.05) is 68.4 Å². The van der Waals surface area contributed by atoms with E-state index in [0.29, 0.717) is 38.1 Å². The van der Waals surface area contributed by atoms with Crippen molar-refractivity contribution in [1.29, 1.82) is 0 Å². The lowest BCUT2D eigenvalue weighted by atomic mass is 10.2. The van der Waals surface area contributed by atoms with Gasteiger partial charge in [0.05, 0.1) is 7.11 Å². The summed E-state index contributed by atoms with van der Waals surface area (Å²) < 4.78 is 12.3. The van der Waals surface area contributed by atoms with Crippen LogP contribution in [-0.4, -0.2) is 7.11 Å². The third-order valence-corrected chi connectivity index (χ3v) is 5.84. The fourth-order valence-electron chi connectivity index (χ4n) is 2.63. The molecular formula is C21H16BrCl4NO2. The van der Waals surface area contributed by atoms with Crippen molar-refractivity contribution in [1.82, 2.24) is 0 Å². The Bertz CT molecular complexity index is 1010. The second-order valence-corrected chi connectivity index (χ2v) is 8.70. The van der Waals surface area contributed by atoms with E-state index in [2.05, 4.69) is 21.2 Å². The van der Waals surface area contributed by atoms with E-state index in [-0.39, 0.29) is 6.61 Å². The van der Waals surface area contributed by atoms with Gasteiger partial charge >= 0.3 is 0 Å². The lowest BCUT2D eigenvalue weighted by Gasteiger charge is -2.15. The summed E-state index contributed by atoms with van der Waals surface area (Å²) in [5.74, 6) is 1.21. The van der Waals surface area contributed by atoms with Crippen molar-refractivity contribution in [2.24, 2.45) is 0 Å². The second-order valence-electron chi connectivity index (χ2n) is 6.13. The number of nitrogens with one attached hydrogen (secondary N) is 1. The molecule has 0 saturated heterocycles. The first-order valence-electron chi connectivity index (χ1n) is 8.49. The SMILES string of the molecule is COc1cc(CNc2cc(Cl)cc(Cl)c2)c(Br)cc1OCc1ccc(Cl)cc1Cl. The number of anilines is 1. The predicted molar refractivity (Wildman–Crippen MR) is 125 cm³/mol. The van der Waals surface area contributed by atoms with E-state index in [1.165, 1.54) is 0 Å². The summed E-state index contributed by atoms with van der Waals surface area (Å²) in [5.41, 5.74) is 2.64. The van der Waals surface area contributed by atoms with Crippen LogP contribution in [0.2, 0.25) is 20.1 Å². The van der Waals surface area contributed by atoms with Gasteiger partial charge in [-0.2, -0.15) is 0 Å². The van der Waals surface area contributed by atoms with Gasteiger partial charge in [-0.3, -0.25) is 0 Å². The molecule has 0 amide bonds. The molecular weight excluding hydrogens is 520 g/mol. The van der Waals surface area contributed by atoms with Gasteiger partial charge in [-0.15, -0.1) is 0 Å². The molecule has 152 valence electrons. The summed E-state index contributed by atoms with van der Waals surface area (Å²) in [6.07, 6.45) is 0. The van der Waals surface area contributed by atoms with E-state index in [1.54, 1.807) is 25.3 Å². The first-order valence-corrected chi connectivity index (χ1v) is 10.8. The zero-order valence-corrected chi connectivity index (χ0v) is 19.8. The largest absolute Gasteiger partial charge is 0.493 e. The van der Waals surface area contributed by atoms with Gasteiger partial charge in [-0.25, -0.2) is 0 Å². The average molecular weight is 536 g/mol. The highest BCUT2D eigenvalue weighted by Gasteiger charge is 2.12. The molecule has 3 rings (SSSR count). The Morgan fingerprint density at radius 1 is 0.828 bits per heavy atom. The molecule has 0 unspecified atom stereocenters. The van der Waals surface area contributed by atoms with Gasteiger partial charge in [0.25, 0.3) is 0 Å². The highest BCUT2D eigenvalue weighted by molar-refractivity contribution is 9.10. The molecule has 0 fully saturated rings. The Labute approximate surface area is 197 Å². The first kappa shape index (κ1) is 22.4. The van der Waals surface area contributed by atoms with Crippen LogP contribution in [0.3, 0.4) is 0 Å². The Morgan fingerprint density at radius 2 is 1.55 bits per heavy atom. The van der Waals surface area contributed by atoms with Crippen LogP contribution in [0.1, 0.15) is 11.1 Å². The Morgan fingerprint density at radius 3 is 2.21 bits per heavy atom.